The lowest BCUT2D eigenvalue weighted by Crippen LogP contribution is -2.33. The van der Waals surface area contributed by atoms with Crippen LogP contribution in [-0.2, 0) is 4.84 Å². The Morgan fingerprint density at radius 2 is 2.00 bits per heavy atom. The van der Waals surface area contributed by atoms with Gasteiger partial charge in [-0.1, -0.05) is 12.0 Å². The number of carbonyl (C=O) groups excluding carboxylic acids is 1. The Kier molecular flexibility index (Phi) is 5.38. The molecule has 164 valence electrons. The Labute approximate surface area is 186 Å². The van der Waals surface area contributed by atoms with Gasteiger partial charge in [-0.25, -0.2) is 23.1 Å². The van der Waals surface area contributed by atoms with Crippen LogP contribution in [0.5, 0.6) is 0 Å². The van der Waals surface area contributed by atoms with Crippen molar-refractivity contribution in [2.75, 3.05) is 11.9 Å². The van der Waals surface area contributed by atoms with Crippen LogP contribution in [0.15, 0.2) is 61.2 Å². The molecule has 10 heteroatoms. The second-order valence-electron chi connectivity index (χ2n) is 7.15. The highest BCUT2D eigenvalue weighted by atomic mass is 19.1. The molecule has 5 rings (SSSR count). The predicted octanol–water partition coefficient (Wildman–Crippen LogP) is 3.71. The van der Waals surface area contributed by atoms with Gasteiger partial charge >= 0.3 is 6.03 Å². The van der Waals surface area contributed by atoms with Crippen molar-refractivity contribution >= 4 is 17.4 Å². The zero-order chi connectivity index (χ0) is 22.8. The number of benzene rings is 1. The van der Waals surface area contributed by atoms with Crippen molar-refractivity contribution in [2.45, 2.75) is 12.5 Å². The van der Waals surface area contributed by atoms with E-state index in [1.54, 1.807) is 36.8 Å². The topological polar surface area (TPSA) is 84.7 Å². The summed E-state index contributed by atoms with van der Waals surface area (Å²) in [5.41, 5.74) is 1.01. The number of anilines is 1. The Morgan fingerprint density at radius 1 is 1.12 bits per heavy atom. The van der Waals surface area contributed by atoms with E-state index in [4.69, 9.17) is 4.84 Å². The van der Waals surface area contributed by atoms with E-state index in [0.717, 1.165) is 22.8 Å². The number of hydrogen-bond acceptors (Lipinski definition) is 5. The molecule has 1 N–H and O–H groups in total. The second-order valence-corrected chi connectivity index (χ2v) is 7.15. The Bertz CT molecular complexity index is 1400. The first kappa shape index (κ1) is 20.5. The number of rotatable bonds is 2. The summed E-state index contributed by atoms with van der Waals surface area (Å²) < 4.78 is 30.9. The number of hydrogen-bond donors (Lipinski definition) is 1. The zero-order valence-electron chi connectivity index (χ0n) is 17.1. The quantitative estimate of drug-likeness (QED) is 0.475. The number of fused-ring (bicyclic) bond motifs is 1. The Morgan fingerprint density at radius 3 is 2.85 bits per heavy atom. The van der Waals surface area contributed by atoms with Crippen molar-refractivity contribution < 1.29 is 18.4 Å². The van der Waals surface area contributed by atoms with Crippen molar-refractivity contribution in [1.82, 2.24) is 24.6 Å². The fourth-order valence-electron chi connectivity index (χ4n) is 3.52. The average molecular weight is 446 g/mol. The van der Waals surface area contributed by atoms with Gasteiger partial charge < -0.3 is 5.32 Å². The lowest BCUT2D eigenvalue weighted by Gasteiger charge is -2.23. The van der Waals surface area contributed by atoms with E-state index in [9.17, 15) is 9.18 Å². The van der Waals surface area contributed by atoms with Gasteiger partial charge in [-0.3, -0.25) is 9.82 Å². The van der Waals surface area contributed by atoms with Gasteiger partial charge in [-0.15, -0.1) is 0 Å². The molecule has 1 aromatic carbocycles. The van der Waals surface area contributed by atoms with Gasteiger partial charge in [0.15, 0.2) is 11.5 Å². The third-order valence-corrected chi connectivity index (χ3v) is 5.10. The van der Waals surface area contributed by atoms with Gasteiger partial charge in [0, 0.05) is 25.0 Å². The van der Waals surface area contributed by atoms with Gasteiger partial charge in [0.2, 0.25) is 0 Å². The molecule has 0 bridgehead atoms. The van der Waals surface area contributed by atoms with Crippen LogP contribution in [0.25, 0.3) is 5.65 Å². The fourth-order valence-corrected chi connectivity index (χ4v) is 3.52. The van der Waals surface area contributed by atoms with E-state index < -0.39 is 23.2 Å². The summed E-state index contributed by atoms with van der Waals surface area (Å²) in [6.45, 7) is 0.322. The minimum Gasteiger partial charge on any atom is -0.303 e. The number of urea groups is 1. The Balaban J connectivity index is 1.40. The van der Waals surface area contributed by atoms with E-state index in [1.807, 2.05) is 6.07 Å². The third-order valence-electron chi connectivity index (χ3n) is 5.10. The summed E-state index contributed by atoms with van der Waals surface area (Å²) in [5, 5.41) is 7.69. The summed E-state index contributed by atoms with van der Waals surface area (Å²) in [6.07, 6.45) is 6.84. The summed E-state index contributed by atoms with van der Waals surface area (Å²) >= 11 is 0. The van der Waals surface area contributed by atoms with Crippen molar-refractivity contribution in [1.29, 1.82) is 0 Å². The summed E-state index contributed by atoms with van der Waals surface area (Å²) in [6, 6.07) is 8.16. The first-order valence-electron chi connectivity index (χ1n) is 10.0. The van der Waals surface area contributed by atoms with Gasteiger partial charge in [-0.05, 0) is 41.8 Å². The molecule has 1 atom stereocenters. The highest BCUT2D eigenvalue weighted by Crippen LogP contribution is 2.31. The summed E-state index contributed by atoms with van der Waals surface area (Å²) in [5.74, 6) is 3.32. The van der Waals surface area contributed by atoms with Gasteiger partial charge in [-0.2, -0.15) is 10.2 Å². The minimum atomic E-state index is -0.991. The molecular formula is C23H16F2N6O2. The average Bonchev–Trinajstić information content (AvgIpc) is 3.49. The summed E-state index contributed by atoms with van der Waals surface area (Å²) in [4.78, 5) is 26.4. The van der Waals surface area contributed by atoms with E-state index >= 15 is 4.39 Å². The fraction of sp³-hybridized carbons (Fsp3) is 0.130. The van der Waals surface area contributed by atoms with Gasteiger partial charge in [0.05, 0.1) is 30.1 Å². The highest BCUT2D eigenvalue weighted by Gasteiger charge is 2.32. The molecule has 4 aromatic rings. The first-order chi connectivity index (χ1) is 16.1. The van der Waals surface area contributed by atoms with Crippen molar-refractivity contribution in [2.24, 2.45) is 0 Å². The van der Waals surface area contributed by atoms with Gasteiger partial charge in [0.1, 0.15) is 11.5 Å². The maximum atomic E-state index is 15.1. The number of hydroxylamine groups is 2. The minimum absolute atomic E-state index is 0.220. The predicted molar refractivity (Wildman–Crippen MR) is 114 cm³/mol. The number of aromatic nitrogens is 4. The van der Waals surface area contributed by atoms with Crippen LogP contribution < -0.4 is 5.32 Å². The number of nitrogens with zero attached hydrogens (tertiary/aromatic N) is 5. The molecule has 0 aliphatic carbocycles. The maximum Gasteiger partial charge on any atom is 0.346 e. The molecule has 0 spiro atoms. The normalized spacial score (nSPS) is 15.3. The molecular weight excluding hydrogens is 430 g/mol. The smallest absolute Gasteiger partial charge is 0.303 e. The van der Waals surface area contributed by atoms with Crippen LogP contribution in [0.2, 0.25) is 0 Å². The molecule has 1 fully saturated rings. The SMILES string of the molecule is O=C(Nc1ccc(F)c(C#Cc2cnc3cccnn23)c1F)N1OCC[C@H]1c1cccnc1. The summed E-state index contributed by atoms with van der Waals surface area (Å²) in [7, 11) is 0. The van der Waals surface area contributed by atoms with E-state index in [-0.39, 0.29) is 11.7 Å². The lowest BCUT2D eigenvalue weighted by atomic mass is 10.1. The number of carbonyl (C=O) groups is 1. The first-order valence-corrected chi connectivity index (χ1v) is 10.0. The number of amides is 2. The molecule has 4 heterocycles. The molecule has 1 aliphatic heterocycles. The monoisotopic (exact) mass is 446 g/mol. The second kappa shape index (κ2) is 8.64. The van der Waals surface area contributed by atoms with Crippen LogP contribution in [0.1, 0.15) is 29.3 Å². The van der Waals surface area contributed by atoms with Crippen LogP contribution in [0, 0.1) is 23.5 Å². The van der Waals surface area contributed by atoms with E-state index in [2.05, 4.69) is 32.2 Å². The van der Waals surface area contributed by atoms with Crippen LogP contribution in [0.3, 0.4) is 0 Å². The lowest BCUT2D eigenvalue weighted by molar-refractivity contribution is -0.0830. The molecule has 2 amide bonds. The van der Waals surface area contributed by atoms with Crippen molar-refractivity contribution in [3.63, 3.8) is 0 Å². The molecule has 1 saturated heterocycles. The molecule has 0 radical (unpaired) electrons. The standard InChI is InChI=1S/C23H16F2N6O2/c24-18-7-8-19(29-23(32)31-20(9-12-33-31)15-3-1-10-26-13-15)22(25)17(18)6-5-16-14-27-21-4-2-11-28-30(16)21/h1-4,7-8,10-11,13-14,20H,9,12H2,(H,29,32)/t20-/m0/s1. The third kappa shape index (κ3) is 3.97. The molecule has 0 saturated carbocycles. The van der Waals surface area contributed by atoms with Crippen LogP contribution >= 0.6 is 0 Å². The zero-order valence-corrected chi connectivity index (χ0v) is 17.1. The van der Waals surface area contributed by atoms with E-state index in [1.165, 1.54) is 10.7 Å². The number of halogens is 2. The molecule has 0 unspecified atom stereocenters. The van der Waals surface area contributed by atoms with Crippen molar-refractivity contribution in [3.05, 3.63) is 89.6 Å². The molecule has 1 aliphatic rings. The highest BCUT2D eigenvalue weighted by molar-refractivity contribution is 5.89. The number of imidazole rings is 1. The Hall–Kier alpha value is -4.36. The van der Waals surface area contributed by atoms with Crippen LogP contribution in [-0.4, -0.2) is 37.3 Å². The largest absolute Gasteiger partial charge is 0.346 e. The maximum absolute atomic E-state index is 15.1. The van der Waals surface area contributed by atoms with Crippen molar-refractivity contribution in [3.8, 4) is 11.8 Å². The number of nitrogens with one attached hydrogen (secondary N) is 1. The van der Waals surface area contributed by atoms with Gasteiger partial charge in [0.25, 0.3) is 0 Å². The molecule has 8 nitrogen and oxygen atoms in total. The molecule has 3 aromatic heterocycles. The molecule has 33 heavy (non-hydrogen) atoms. The number of pyridine rings is 1. The van der Waals surface area contributed by atoms with Crippen LogP contribution in [0.4, 0.5) is 19.3 Å². The van der Waals surface area contributed by atoms with E-state index in [0.29, 0.717) is 24.4 Å².